The molecule has 0 amide bonds. The number of nitrogens with one attached hydrogen (secondary N) is 1. The Morgan fingerprint density at radius 1 is 1.04 bits per heavy atom. The first-order valence-corrected chi connectivity index (χ1v) is 7.76. The van der Waals surface area contributed by atoms with E-state index in [0.717, 1.165) is 41.3 Å². The van der Waals surface area contributed by atoms with E-state index in [0.29, 0.717) is 12.5 Å². The number of benzene rings is 1. The fourth-order valence-corrected chi connectivity index (χ4v) is 2.17. The molecule has 24 heavy (non-hydrogen) atoms. The number of nitrogens with zero attached hydrogens (tertiary/aromatic N) is 1. The molecule has 0 spiro atoms. The third-order valence-electron chi connectivity index (χ3n) is 3.37. The van der Waals surface area contributed by atoms with Gasteiger partial charge in [-0.15, -0.1) is 0 Å². The van der Waals surface area contributed by atoms with Gasteiger partial charge in [0.2, 0.25) is 5.88 Å². The van der Waals surface area contributed by atoms with Crippen LogP contribution in [0.2, 0.25) is 0 Å². The largest absolute Gasteiger partial charge is 0.493 e. The summed E-state index contributed by atoms with van der Waals surface area (Å²) in [6.07, 6.45) is 1.74. The van der Waals surface area contributed by atoms with Crippen molar-refractivity contribution < 1.29 is 14.2 Å². The van der Waals surface area contributed by atoms with Gasteiger partial charge in [0.1, 0.15) is 6.61 Å². The molecule has 0 aliphatic heterocycles. The standard InChI is InChI=1S/C19H24N2O3/c1-14(2)13-24-18-9-15(5-6-17(18)22-3)11-20-12-16-7-8-21-19(10-16)23-4/h5-10,20H,1,11-13H2,2-4H3. The minimum absolute atomic E-state index is 0.476. The lowest BCUT2D eigenvalue weighted by atomic mass is 10.2. The van der Waals surface area contributed by atoms with E-state index in [1.165, 1.54) is 0 Å². The van der Waals surface area contributed by atoms with Gasteiger partial charge in [0.25, 0.3) is 0 Å². The molecule has 2 rings (SSSR count). The third-order valence-corrected chi connectivity index (χ3v) is 3.37. The summed E-state index contributed by atoms with van der Waals surface area (Å²) >= 11 is 0. The topological polar surface area (TPSA) is 52.6 Å². The van der Waals surface area contributed by atoms with Crippen LogP contribution in [0.25, 0.3) is 0 Å². The molecule has 0 aliphatic rings. The second kappa shape index (κ2) is 8.93. The smallest absolute Gasteiger partial charge is 0.213 e. The summed E-state index contributed by atoms with van der Waals surface area (Å²) in [7, 11) is 3.25. The van der Waals surface area contributed by atoms with Crippen LogP contribution in [0.5, 0.6) is 17.4 Å². The average Bonchev–Trinajstić information content (AvgIpc) is 2.60. The Morgan fingerprint density at radius 2 is 1.79 bits per heavy atom. The molecule has 5 heteroatoms. The minimum atomic E-state index is 0.476. The molecule has 0 fully saturated rings. The highest BCUT2D eigenvalue weighted by Crippen LogP contribution is 2.28. The van der Waals surface area contributed by atoms with E-state index in [1.807, 2.05) is 37.3 Å². The number of aromatic nitrogens is 1. The molecule has 1 aromatic heterocycles. The van der Waals surface area contributed by atoms with Crippen molar-refractivity contribution in [3.63, 3.8) is 0 Å². The molecular formula is C19H24N2O3. The van der Waals surface area contributed by atoms with Gasteiger partial charge in [-0.3, -0.25) is 0 Å². The van der Waals surface area contributed by atoms with Gasteiger partial charge in [-0.1, -0.05) is 12.6 Å². The predicted octanol–water partition coefficient (Wildman–Crippen LogP) is 3.34. The molecule has 2 aromatic rings. The van der Waals surface area contributed by atoms with Gasteiger partial charge in [0.05, 0.1) is 14.2 Å². The van der Waals surface area contributed by atoms with E-state index < -0.39 is 0 Å². The summed E-state index contributed by atoms with van der Waals surface area (Å²) in [4.78, 5) is 4.10. The molecule has 0 aliphatic carbocycles. The van der Waals surface area contributed by atoms with Crippen molar-refractivity contribution in [3.05, 3.63) is 59.8 Å². The minimum Gasteiger partial charge on any atom is -0.493 e. The van der Waals surface area contributed by atoms with E-state index in [1.54, 1.807) is 20.4 Å². The fraction of sp³-hybridized carbons (Fsp3) is 0.316. The van der Waals surface area contributed by atoms with Crippen LogP contribution in [0.1, 0.15) is 18.1 Å². The Labute approximate surface area is 143 Å². The second-order valence-electron chi connectivity index (χ2n) is 5.54. The summed E-state index contributed by atoms with van der Waals surface area (Å²) in [5.41, 5.74) is 3.20. The molecule has 1 N–H and O–H groups in total. The molecule has 5 nitrogen and oxygen atoms in total. The zero-order chi connectivity index (χ0) is 17.4. The van der Waals surface area contributed by atoms with Crippen molar-refractivity contribution in [2.24, 2.45) is 0 Å². The third kappa shape index (κ3) is 5.28. The van der Waals surface area contributed by atoms with Crippen molar-refractivity contribution >= 4 is 0 Å². The molecule has 0 bridgehead atoms. The van der Waals surface area contributed by atoms with E-state index in [9.17, 15) is 0 Å². The summed E-state index contributed by atoms with van der Waals surface area (Å²) in [6.45, 7) is 7.71. The van der Waals surface area contributed by atoms with Crippen molar-refractivity contribution in [2.45, 2.75) is 20.0 Å². The number of methoxy groups -OCH3 is 2. The Hall–Kier alpha value is -2.53. The zero-order valence-corrected chi connectivity index (χ0v) is 14.5. The maximum Gasteiger partial charge on any atom is 0.213 e. The number of rotatable bonds is 9. The Bertz CT molecular complexity index is 686. The predicted molar refractivity (Wildman–Crippen MR) is 94.6 cm³/mol. The molecule has 0 saturated carbocycles. The SMILES string of the molecule is C=C(C)COc1cc(CNCc2ccnc(OC)c2)ccc1OC. The molecule has 1 heterocycles. The van der Waals surface area contributed by atoms with Gasteiger partial charge in [-0.05, 0) is 41.8 Å². The van der Waals surface area contributed by atoms with Crippen molar-refractivity contribution in [1.29, 1.82) is 0 Å². The summed E-state index contributed by atoms with van der Waals surface area (Å²) in [6, 6.07) is 9.81. The van der Waals surface area contributed by atoms with Crippen LogP contribution in [0, 0.1) is 0 Å². The van der Waals surface area contributed by atoms with Crippen molar-refractivity contribution in [3.8, 4) is 17.4 Å². The Kier molecular flexibility index (Phi) is 6.63. The number of hydrogen-bond donors (Lipinski definition) is 1. The van der Waals surface area contributed by atoms with Gasteiger partial charge in [0, 0.05) is 25.4 Å². The van der Waals surface area contributed by atoms with E-state index >= 15 is 0 Å². The van der Waals surface area contributed by atoms with Gasteiger partial charge in [-0.2, -0.15) is 0 Å². The lowest BCUT2D eigenvalue weighted by Gasteiger charge is -2.13. The first kappa shape index (κ1) is 17.8. The van der Waals surface area contributed by atoms with Gasteiger partial charge < -0.3 is 19.5 Å². The first-order chi connectivity index (χ1) is 11.6. The van der Waals surface area contributed by atoms with Gasteiger partial charge in [-0.25, -0.2) is 4.98 Å². The molecule has 0 atom stereocenters. The fourth-order valence-electron chi connectivity index (χ4n) is 2.17. The first-order valence-electron chi connectivity index (χ1n) is 7.76. The summed E-state index contributed by atoms with van der Waals surface area (Å²) in [5.74, 6) is 2.07. The van der Waals surface area contributed by atoms with Crippen LogP contribution < -0.4 is 19.5 Å². The van der Waals surface area contributed by atoms with Crippen LogP contribution in [-0.4, -0.2) is 25.8 Å². The van der Waals surface area contributed by atoms with Gasteiger partial charge in [0.15, 0.2) is 11.5 Å². The normalized spacial score (nSPS) is 10.3. The van der Waals surface area contributed by atoms with Gasteiger partial charge >= 0.3 is 0 Å². The maximum atomic E-state index is 5.75. The van der Waals surface area contributed by atoms with Crippen LogP contribution >= 0.6 is 0 Å². The zero-order valence-electron chi connectivity index (χ0n) is 14.5. The van der Waals surface area contributed by atoms with Crippen LogP contribution in [-0.2, 0) is 13.1 Å². The summed E-state index contributed by atoms with van der Waals surface area (Å²) in [5, 5.41) is 3.40. The highest BCUT2D eigenvalue weighted by atomic mass is 16.5. The Balaban J connectivity index is 1.96. The number of pyridine rings is 1. The number of hydrogen-bond acceptors (Lipinski definition) is 5. The molecule has 0 unspecified atom stereocenters. The molecule has 0 radical (unpaired) electrons. The van der Waals surface area contributed by atoms with E-state index in [-0.39, 0.29) is 0 Å². The highest BCUT2D eigenvalue weighted by molar-refractivity contribution is 5.43. The molecule has 1 aromatic carbocycles. The lowest BCUT2D eigenvalue weighted by Crippen LogP contribution is -2.13. The van der Waals surface area contributed by atoms with E-state index in [2.05, 4.69) is 16.9 Å². The molecule has 128 valence electrons. The lowest BCUT2D eigenvalue weighted by molar-refractivity contribution is 0.319. The monoisotopic (exact) mass is 328 g/mol. The van der Waals surface area contributed by atoms with Crippen LogP contribution in [0.4, 0.5) is 0 Å². The van der Waals surface area contributed by atoms with Crippen LogP contribution in [0.15, 0.2) is 48.7 Å². The van der Waals surface area contributed by atoms with Crippen LogP contribution in [0.3, 0.4) is 0 Å². The number of ether oxygens (including phenoxy) is 3. The molecular weight excluding hydrogens is 304 g/mol. The summed E-state index contributed by atoms with van der Waals surface area (Å²) < 4.78 is 16.2. The maximum absolute atomic E-state index is 5.75. The van der Waals surface area contributed by atoms with Crippen molar-refractivity contribution in [2.75, 3.05) is 20.8 Å². The average molecular weight is 328 g/mol. The van der Waals surface area contributed by atoms with Crippen molar-refractivity contribution in [1.82, 2.24) is 10.3 Å². The molecule has 0 saturated heterocycles. The highest BCUT2D eigenvalue weighted by Gasteiger charge is 2.06. The Morgan fingerprint density at radius 3 is 2.46 bits per heavy atom. The quantitative estimate of drug-likeness (QED) is 0.716. The second-order valence-corrected chi connectivity index (χ2v) is 5.54. The van der Waals surface area contributed by atoms with E-state index in [4.69, 9.17) is 14.2 Å².